The Morgan fingerprint density at radius 1 is 1.45 bits per heavy atom. The van der Waals surface area contributed by atoms with E-state index in [0.29, 0.717) is 0 Å². The fourth-order valence-corrected chi connectivity index (χ4v) is 2.87. The van der Waals surface area contributed by atoms with Crippen LogP contribution in [0, 0.1) is 5.92 Å². The molecule has 0 radical (unpaired) electrons. The Morgan fingerprint density at radius 3 is 3.00 bits per heavy atom. The van der Waals surface area contributed by atoms with E-state index >= 15 is 0 Å². The third kappa shape index (κ3) is 4.22. The molecule has 1 aromatic carbocycles. The fraction of sp³-hybridized carbons (Fsp3) is 0.562. The van der Waals surface area contributed by atoms with Crippen LogP contribution >= 0.6 is 11.6 Å². The minimum atomic E-state index is 0.123. The monoisotopic (exact) mass is 294 g/mol. The first-order valence-corrected chi connectivity index (χ1v) is 7.82. The summed E-state index contributed by atoms with van der Waals surface area (Å²) in [5.74, 6) is 0.327. The second-order valence-corrected chi connectivity index (χ2v) is 5.86. The average Bonchev–Trinajstić information content (AvgIpc) is 2.47. The summed E-state index contributed by atoms with van der Waals surface area (Å²) < 4.78 is 0. The molecule has 3 nitrogen and oxygen atoms in total. The van der Waals surface area contributed by atoms with Gasteiger partial charge in [0.15, 0.2) is 0 Å². The van der Waals surface area contributed by atoms with Crippen molar-refractivity contribution in [3.05, 3.63) is 34.9 Å². The van der Waals surface area contributed by atoms with Crippen LogP contribution in [0.2, 0.25) is 5.02 Å². The highest BCUT2D eigenvalue weighted by Crippen LogP contribution is 2.22. The van der Waals surface area contributed by atoms with Crippen molar-refractivity contribution < 1.29 is 4.79 Å². The third-order valence-corrected chi connectivity index (χ3v) is 4.15. The number of amides is 1. The van der Waals surface area contributed by atoms with E-state index in [2.05, 4.69) is 23.2 Å². The van der Waals surface area contributed by atoms with Crippen molar-refractivity contribution >= 4 is 17.5 Å². The van der Waals surface area contributed by atoms with Gasteiger partial charge in [-0.15, -0.1) is 0 Å². The summed E-state index contributed by atoms with van der Waals surface area (Å²) in [5.41, 5.74) is 1.14. The van der Waals surface area contributed by atoms with Crippen molar-refractivity contribution in [3.8, 4) is 0 Å². The summed E-state index contributed by atoms with van der Waals surface area (Å²) in [6, 6.07) is 7.94. The molecular weight excluding hydrogens is 272 g/mol. The Bertz CT molecular complexity index is 450. The highest BCUT2D eigenvalue weighted by atomic mass is 35.5. The number of carbonyl (C=O) groups excluding carboxylic acids is 1. The number of likely N-dealkylation sites (tertiary alicyclic amines) is 1. The average molecular weight is 295 g/mol. The van der Waals surface area contributed by atoms with Crippen LogP contribution in [0.4, 0.5) is 0 Å². The molecule has 1 saturated heterocycles. The van der Waals surface area contributed by atoms with Crippen LogP contribution in [0.15, 0.2) is 24.3 Å². The van der Waals surface area contributed by atoms with Crippen LogP contribution < -0.4 is 5.32 Å². The van der Waals surface area contributed by atoms with Gasteiger partial charge in [0.1, 0.15) is 0 Å². The summed E-state index contributed by atoms with van der Waals surface area (Å²) in [5, 5.41) is 3.82. The zero-order valence-electron chi connectivity index (χ0n) is 12.1. The molecule has 1 unspecified atom stereocenters. The topological polar surface area (TPSA) is 32.3 Å². The molecule has 2 rings (SSSR count). The van der Waals surface area contributed by atoms with Gasteiger partial charge in [-0.05, 0) is 37.4 Å². The second-order valence-electron chi connectivity index (χ2n) is 5.46. The Balaban J connectivity index is 1.90. The molecule has 1 N–H and O–H groups in total. The normalized spacial score (nSPS) is 19.8. The quantitative estimate of drug-likeness (QED) is 0.905. The molecule has 0 aliphatic carbocycles. The molecule has 0 spiro atoms. The largest absolute Gasteiger partial charge is 0.356 e. The minimum absolute atomic E-state index is 0.123. The van der Waals surface area contributed by atoms with Crippen LogP contribution in [0.1, 0.15) is 31.7 Å². The molecular formula is C16H23ClN2O. The summed E-state index contributed by atoms with van der Waals surface area (Å²) in [6.07, 6.45) is 3.06. The molecule has 4 heteroatoms. The number of rotatable bonds is 5. The first kappa shape index (κ1) is 15.3. The van der Waals surface area contributed by atoms with E-state index in [1.165, 1.54) is 0 Å². The Kier molecular flexibility index (Phi) is 5.86. The molecule has 0 bridgehead atoms. The number of nitrogens with zero attached hydrogens (tertiary/aromatic N) is 1. The van der Waals surface area contributed by atoms with Gasteiger partial charge >= 0.3 is 0 Å². The number of carbonyl (C=O) groups is 1. The number of hydrogen-bond acceptors (Lipinski definition) is 2. The molecule has 1 aromatic rings. The maximum atomic E-state index is 12.1. The van der Waals surface area contributed by atoms with Crippen LogP contribution in [-0.2, 0) is 11.3 Å². The van der Waals surface area contributed by atoms with Crippen LogP contribution in [0.3, 0.4) is 0 Å². The van der Waals surface area contributed by atoms with E-state index in [1.54, 1.807) is 0 Å². The summed E-state index contributed by atoms with van der Waals surface area (Å²) in [7, 11) is 0. The predicted molar refractivity (Wildman–Crippen MR) is 82.8 cm³/mol. The van der Waals surface area contributed by atoms with Gasteiger partial charge in [-0.3, -0.25) is 9.69 Å². The lowest BCUT2D eigenvalue weighted by Gasteiger charge is -2.32. The number of nitrogens with one attached hydrogen (secondary N) is 1. The van der Waals surface area contributed by atoms with E-state index in [1.807, 2.05) is 18.2 Å². The van der Waals surface area contributed by atoms with Crippen LogP contribution in [-0.4, -0.2) is 30.4 Å². The van der Waals surface area contributed by atoms with E-state index in [4.69, 9.17) is 11.6 Å². The van der Waals surface area contributed by atoms with E-state index in [0.717, 1.165) is 56.0 Å². The highest BCUT2D eigenvalue weighted by molar-refractivity contribution is 6.31. The SMILES string of the molecule is CCCNC(=O)C1CCCN(Cc2ccccc2Cl)C1. The molecule has 110 valence electrons. The number of halogens is 1. The van der Waals surface area contributed by atoms with E-state index in [-0.39, 0.29) is 11.8 Å². The molecule has 1 aliphatic rings. The number of hydrogen-bond donors (Lipinski definition) is 1. The smallest absolute Gasteiger partial charge is 0.224 e. The number of benzene rings is 1. The molecule has 1 amide bonds. The van der Waals surface area contributed by atoms with Gasteiger partial charge in [0, 0.05) is 24.7 Å². The predicted octanol–water partition coefficient (Wildman–Crippen LogP) is 3.08. The van der Waals surface area contributed by atoms with Gasteiger partial charge in [0.05, 0.1) is 5.92 Å². The van der Waals surface area contributed by atoms with E-state index < -0.39 is 0 Å². The molecule has 1 heterocycles. The third-order valence-electron chi connectivity index (χ3n) is 3.78. The standard InChI is InChI=1S/C16H23ClN2O/c1-2-9-18-16(20)14-7-5-10-19(12-14)11-13-6-3-4-8-15(13)17/h3-4,6,8,14H,2,5,7,9-12H2,1H3,(H,18,20). The highest BCUT2D eigenvalue weighted by Gasteiger charge is 2.25. The van der Waals surface area contributed by atoms with Crippen LogP contribution in [0.25, 0.3) is 0 Å². The maximum absolute atomic E-state index is 12.1. The first-order chi connectivity index (χ1) is 9.70. The van der Waals surface area contributed by atoms with Crippen LogP contribution in [0.5, 0.6) is 0 Å². The summed E-state index contributed by atoms with van der Waals surface area (Å²) >= 11 is 6.20. The van der Waals surface area contributed by atoms with Crippen molar-refractivity contribution in [2.45, 2.75) is 32.7 Å². The van der Waals surface area contributed by atoms with Crippen molar-refractivity contribution in [3.63, 3.8) is 0 Å². The Hall–Kier alpha value is -1.06. The first-order valence-electron chi connectivity index (χ1n) is 7.44. The molecule has 1 aliphatic heterocycles. The van der Waals surface area contributed by atoms with Crippen molar-refractivity contribution in [2.24, 2.45) is 5.92 Å². The van der Waals surface area contributed by atoms with Gasteiger partial charge in [-0.1, -0.05) is 36.7 Å². The van der Waals surface area contributed by atoms with Gasteiger partial charge in [-0.25, -0.2) is 0 Å². The fourth-order valence-electron chi connectivity index (χ4n) is 2.67. The van der Waals surface area contributed by atoms with Gasteiger partial charge in [-0.2, -0.15) is 0 Å². The summed E-state index contributed by atoms with van der Waals surface area (Å²) in [4.78, 5) is 14.4. The lowest BCUT2D eigenvalue weighted by molar-refractivity contribution is -0.126. The molecule has 1 fully saturated rings. The Labute approximate surface area is 126 Å². The summed E-state index contributed by atoms with van der Waals surface area (Å²) in [6.45, 7) is 5.56. The molecule has 0 aromatic heterocycles. The second kappa shape index (κ2) is 7.65. The van der Waals surface area contributed by atoms with Crippen molar-refractivity contribution in [1.29, 1.82) is 0 Å². The lowest BCUT2D eigenvalue weighted by atomic mass is 9.96. The number of piperidine rings is 1. The molecule has 0 saturated carbocycles. The van der Waals surface area contributed by atoms with Gasteiger partial charge < -0.3 is 5.32 Å². The minimum Gasteiger partial charge on any atom is -0.356 e. The zero-order chi connectivity index (χ0) is 14.4. The lowest BCUT2D eigenvalue weighted by Crippen LogP contribution is -2.42. The Morgan fingerprint density at radius 2 is 2.25 bits per heavy atom. The molecule has 1 atom stereocenters. The zero-order valence-corrected chi connectivity index (χ0v) is 12.8. The molecule has 20 heavy (non-hydrogen) atoms. The van der Waals surface area contributed by atoms with Crippen molar-refractivity contribution in [1.82, 2.24) is 10.2 Å². The van der Waals surface area contributed by atoms with Gasteiger partial charge in [0.25, 0.3) is 0 Å². The maximum Gasteiger partial charge on any atom is 0.224 e. The van der Waals surface area contributed by atoms with Crippen molar-refractivity contribution in [2.75, 3.05) is 19.6 Å². The van der Waals surface area contributed by atoms with Gasteiger partial charge in [0.2, 0.25) is 5.91 Å². The van der Waals surface area contributed by atoms with E-state index in [9.17, 15) is 4.79 Å².